The zero-order valence-corrected chi connectivity index (χ0v) is 13.1. The average Bonchev–Trinajstić information content (AvgIpc) is 2.85. The first-order chi connectivity index (χ1) is 9.08. The quantitative estimate of drug-likeness (QED) is 0.909. The Morgan fingerprint density at radius 3 is 2.90 bits per heavy atom. The Morgan fingerprint density at radius 2 is 2.30 bits per heavy atom. The Kier molecular flexibility index (Phi) is 6.42. The standard InChI is InChI=1S/C13H22N4O2.ClH/c1-9(2)13-15-11(19-16-13)4-5-12(18)17-7-6-14-8-10(17)3;/h9-10,14H,4-8H2,1-3H3;1H/t10-;/m0./s1. The number of carbonyl (C=O) groups is 1. The van der Waals surface area contributed by atoms with Crippen LogP contribution in [-0.2, 0) is 11.2 Å². The number of amides is 1. The van der Waals surface area contributed by atoms with Gasteiger partial charge in [0.1, 0.15) is 0 Å². The van der Waals surface area contributed by atoms with E-state index in [0.29, 0.717) is 24.6 Å². The smallest absolute Gasteiger partial charge is 0.227 e. The molecule has 1 atom stereocenters. The van der Waals surface area contributed by atoms with E-state index in [1.165, 1.54) is 0 Å². The fourth-order valence-electron chi connectivity index (χ4n) is 2.17. The predicted octanol–water partition coefficient (Wildman–Crippen LogP) is 1.37. The first kappa shape index (κ1) is 16.9. The number of piperazine rings is 1. The van der Waals surface area contributed by atoms with Crippen molar-refractivity contribution < 1.29 is 9.32 Å². The van der Waals surface area contributed by atoms with Crippen LogP contribution in [0.3, 0.4) is 0 Å². The molecule has 0 bridgehead atoms. The lowest BCUT2D eigenvalue weighted by molar-refractivity contribution is -0.134. The highest BCUT2D eigenvalue weighted by Crippen LogP contribution is 2.12. The molecule has 0 aromatic carbocycles. The summed E-state index contributed by atoms with van der Waals surface area (Å²) in [5.74, 6) is 1.68. The SMILES string of the molecule is CC(C)c1noc(CCC(=O)N2CCNC[C@@H]2C)n1.Cl. The summed E-state index contributed by atoms with van der Waals surface area (Å²) in [6.07, 6.45) is 0.958. The maximum atomic E-state index is 12.1. The highest BCUT2D eigenvalue weighted by Gasteiger charge is 2.23. The van der Waals surface area contributed by atoms with Crippen molar-refractivity contribution in [2.24, 2.45) is 0 Å². The van der Waals surface area contributed by atoms with Crippen LogP contribution in [0.15, 0.2) is 4.52 Å². The molecule has 6 nitrogen and oxygen atoms in total. The number of nitrogens with one attached hydrogen (secondary N) is 1. The van der Waals surface area contributed by atoms with Crippen LogP contribution in [0.1, 0.15) is 44.8 Å². The highest BCUT2D eigenvalue weighted by atomic mass is 35.5. The second-order valence-electron chi connectivity index (χ2n) is 5.34. The summed E-state index contributed by atoms with van der Waals surface area (Å²) < 4.78 is 5.15. The van der Waals surface area contributed by atoms with Gasteiger partial charge in [0, 0.05) is 44.4 Å². The molecule has 1 aliphatic rings. The number of halogens is 1. The van der Waals surface area contributed by atoms with Crippen molar-refractivity contribution in [3.05, 3.63) is 11.7 Å². The molecule has 1 saturated heterocycles. The van der Waals surface area contributed by atoms with Gasteiger partial charge in [-0.25, -0.2) is 0 Å². The molecule has 7 heteroatoms. The van der Waals surface area contributed by atoms with Crippen LogP contribution in [0.5, 0.6) is 0 Å². The molecule has 0 unspecified atom stereocenters. The fourth-order valence-corrected chi connectivity index (χ4v) is 2.17. The number of hydrogen-bond acceptors (Lipinski definition) is 5. The maximum absolute atomic E-state index is 12.1. The molecule has 0 saturated carbocycles. The highest BCUT2D eigenvalue weighted by molar-refractivity contribution is 5.85. The Hall–Kier alpha value is -1.14. The van der Waals surface area contributed by atoms with Gasteiger partial charge in [-0.3, -0.25) is 4.79 Å². The van der Waals surface area contributed by atoms with Gasteiger partial charge in [-0.2, -0.15) is 4.98 Å². The van der Waals surface area contributed by atoms with Crippen LogP contribution in [-0.4, -0.2) is 46.6 Å². The van der Waals surface area contributed by atoms with Crippen molar-refractivity contribution in [2.75, 3.05) is 19.6 Å². The molecular formula is C13H23ClN4O2. The lowest BCUT2D eigenvalue weighted by Crippen LogP contribution is -2.52. The van der Waals surface area contributed by atoms with E-state index < -0.39 is 0 Å². The van der Waals surface area contributed by atoms with Gasteiger partial charge in [0.2, 0.25) is 11.8 Å². The second-order valence-corrected chi connectivity index (χ2v) is 5.34. The summed E-state index contributed by atoms with van der Waals surface area (Å²) >= 11 is 0. The molecule has 1 fully saturated rings. The lowest BCUT2D eigenvalue weighted by Gasteiger charge is -2.34. The molecule has 2 rings (SSSR count). The summed E-state index contributed by atoms with van der Waals surface area (Å²) in [6, 6.07) is 0.259. The summed E-state index contributed by atoms with van der Waals surface area (Å²) in [6.45, 7) is 8.61. The van der Waals surface area contributed by atoms with Gasteiger partial charge in [0.05, 0.1) is 0 Å². The van der Waals surface area contributed by atoms with Gasteiger partial charge in [0.25, 0.3) is 0 Å². The van der Waals surface area contributed by atoms with Crippen LogP contribution in [0.25, 0.3) is 0 Å². The zero-order chi connectivity index (χ0) is 13.8. The molecule has 1 aliphatic heterocycles. The first-order valence-corrected chi connectivity index (χ1v) is 6.90. The van der Waals surface area contributed by atoms with Crippen molar-refractivity contribution in [1.82, 2.24) is 20.4 Å². The number of rotatable bonds is 4. The van der Waals surface area contributed by atoms with E-state index >= 15 is 0 Å². The topological polar surface area (TPSA) is 71.3 Å². The number of hydrogen-bond donors (Lipinski definition) is 1. The van der Waals surface area contributed by atoms with Crippen LogP contribution >= 0.6 is 12.4 Å². The normalized spacial score (nSPS) is 19.0. The predicted molar refractivity (Wildman–Crippen MR) is 78.0 cm³/mol. The summed E-state index contributed by atoms with van der Waals surface area (Å²) in [5, 5.41) is 7.17. The largest absolute Gasteiger partial charge is 0.339 e. The molecule has 20 heavy (non-hydrogen) atoms. The Bertz CT molecular complexity index is 436. The molecule has 1 aromatic heterocycles. The Morgan fingerprint density at radius 1 is 1.55 bits per heavy atom. The molecule has 1 N–H and O–H groups in total. The molecule has 1 amide bonds. The minimum atomic E-state index is 0. The lowest BCUT2D eigenvalue weighted by atomic mass is 10.2. The van der Waals surface area contributed by atoms with Crippen LogP contribution in [0, 0.1) is 0 Å². The monoisotopic (exact) mass is 302 g/mol. The van der Waals surface area contributed by atoms with E-state index in [1.54, 1.807) is 0 Å². The number of aryl methyl sites for hydroxylation is 1. The maximum Gasteiger partial charge on any atom is 0.227 e. The minimum Gasteiger partial charge on any atom is -0.339 e. The molecule has 0 spiro atoms. The van der Waals surface area contributed by atoms with Crippen LogP contribution in [0.4, 0.5) is 0 Å². The van der Waals surface area contributed by atoms with Gasteiger partial charge in [-0.05, 0) is 6.92 Å². The van der Waals surface area contributed by atoms with E-state index in [-0.39, 0.29) is 30.3 Å². The van der Waals surface area contributed by atoms with Crippen molar-refractivity contribution in [3.8, 4) is 0 Å². The molecule has 2 heterocycles. The number of aromatic nitrogens is 2. The molecule has 0 aliphatic carbocycles. The van der Waals surface area contributed by atoms with Crippen LogP contribution in [0.2, 0.25) is 0 Å². The fraction of sp³-hybridized carbons (Fsp3) is 0.769. The van der Waals surface area contributed by atoms with Gasteiger partial charge in [-0.15, -0.1) is 12.4 Å². The van der Waals surface area contributed by atoms with E-state index in [1.807, 2.05) is 18.7 Å². The second kappa shape index (κ2) is 7.59. The van der Waals surface area contributed by atoms with Crippen molar-refractivity contribution in [1.29, 1.82) is 0 Å². The van der Waals surface area contributed by atoms with Crippen molar-refractivity contribution in [2.45, 2.75) is 45.6 Å². The number of carbonyl (C=O) groups excluding carboxylic acids is 1. The van der Waals surface area contributed by atoms with Gasteiger partial charge in [-0.1, -0.05) is 19.0 Å². The minimum absolute atomic E-state index is 0. The molecule has 1 aromatic rings. The Labute approximate surface area is 125 Å². The summed E-state index contributed by atoms with van der Waals surface area (Å²) in [5.41, 5.74) is 0. The number of nitrogens with zero attached hydrogens (tertiary/aromatic N) is 3. The summed E-state index contributed by atoms with van der Waals surface area (Å²) in [4.78, 5) is 18.3. The van der Waals surface area contributed by atoms with E-state index in [2.05, 4.69) is 22.4 Å². The Balaban J connectivity index is 0.00000200. The van der Waals surface area contributed by atoms with E-state index in [9.17, 15) is 4.79 Å². The first-order valence-electron chi connectivity index (χ1n) is 6.90. The van der Waals surface area contributed by atoms with Crippen molar-refractivity contribution >= 4 is 18.3 Å². The molecule has 114 valence electrons. The van der Waals surface area contributed by atoms with Gasteiger partial charge >= 0.3 is 0 Å². The van der Waals surface area contributed by atoms with E-state index in [4.69, 9.17) is 4.52 Å². The summed E-state index contributed by atoms with van der Waals surface area (Å²) in [7, 11) is 0. The van der Waals surface area contributed by atoms with E-state index in [0.717, 1.165) is 19.6 Å². The zero-order valence-electron chi connectivity index (χ0n) is 12.3. The van der Waals surface area contributed by atoms with Gasteiger partial charge in [0.15, 0.2) is 5.82 Å². The molecule has 0 radical (unpaired) electrons. The van der Waals surface area contributed by atoms with Crippen molar-refractivity contribution in [3.63, 3.8) is 0 Å². The van der Waals surface area contributed by atoms with Crippen LogP contribution < -0.4 is 5.32 Å². The molecular weight excluding hydrogens is 280 g/mol. The third kappa shape index (κ3) is 4.18. The average molecular weight is 303 g/mol. The third-order valence-electron chi connectivity index (χ3n) is 3.37. The van der Waals surface area contributed by atoms with Gasteiger partial charge < -0.3 is 14.7 Å². The third-order valence-corrected chi connectivity index (χ3v) is 3.37.